The van der Waals surface area contributed by atoms with E-state index in [1.807, 2.05) is 0 Å². The van der Waals surface area contributed by atoms with Crippen LogP contribution in [-0.4, -0.2) is 68.4 Å². The molecule has 0 heterocycles. The Morgan fingerprint density at radius 1 is 0.809 bits per heavy atom. The van der Waals surface area contributed by atoms with Gasteiger partial charge >= 0.3 is 18.1 Å². The number of nitrogens with one attached hydrogen (secondary N) is 1. The Morgan fingerprint density at radius 2 is 1.47 bits per heavy atom. The summed E-state index contributed by atoms with van der Waals surface area (Å²) < 4.78 is 49.2. The van der Waals surface area contributed by atoms with Crippen molar-refractivity contribution in [2.24, 2.45) is 0 Å². The van der Waals surface area contributed by atoms with E-state index in [1.165, 1.54) is 48.4 Å². The summed E-state index contributed by atoms with van der Waals surface area (Å²) in [5, 5.41) is 2.78. The number of esters is 2. The molecule has 0 fully saturated rings. The van der Waals surface area contributed by atoms with Crippen LogP contribution in [0.3, 0.4) is 0 Å². The highest BCUT2D eigenvalue weighted by Crippen LogP contribution is 2.32. The van der Waals surface area contributed by atoms with E-state index in [2.05, 4.69) is 10.1 Å². The minimum absolute atomic E-state index is 0.0884. The van der Waals surface area contributed by atoms with Crippen molar-refractivity contribution in [1.82, 2.24) is 9.80 Å². The fraction of sp³-hybridized carbons (Fsp3) is 0.200. The number of amides is 2. The number of ether oxygens (including phenoxy) is 2. The van der Waals surface area contributed by atoms with Crippen LogP contribution in [-0.2, 0) is 22.3 Å². The monoisotopic (exact) mass is 647 g/mol. The molecule has 4 rings (SSSR count). The lowest BCUT2D eigenvalue weighted by molar-refractivity contribution is -0.137. The number of nitrogens with zero attached hydrogens (tertiary/aromatic N) is 2. The Morgan fingerprint density at radius 3 is 2.09 bits per heavy atom. The molecule has 0 spiro atoms. The molecule has 0 aromatic heterocycles. The van der Waals surface area contributed by atoms with Crippen molar-refractivity contribution >= 4 is 29.4 Å². The van der Waals surface area contributed by atoms with E-state index in [1.54, 1.807) is 68.5 Å². The third-order valence-electron chi connectivity index (χ3n) is 7.02. The van der Waals surface area contributed by atoms with E-state index in [0.717, 1.165) is 12.1 Å². The first-order valence-electron chi connectivity index (χ1n) is 14.3. The van der Waals surface area contributed by atoms with E-state index in [9.17, 15) is 32.3 Å². The summed E-state index contributed by atoms with van der Waals surface area (Å²) >= 11 is 0. The number of carbonyl (C=O) groups is 4. The second-order valence-electron chi connectivity index (χ2n) is 10.8. The van der Waals surface area contributed by atoms with Gasteiger partial charge in [-0.05, 0) is 78.3 Å². The van der Waals surface area contributed by atoms with Crippen LogP contribution in [0, 0.1) is 0 Å². The minimum atomic E-state index is -4.49. The predicted molar refractivity (Wildman–Crippen MR) is 169 cm³/mol. The number of carbonyl (C=O) groups excluding carboxylic acids is 4. The molecule has 1 N–H and O–H groups in total. The molecule has 0 unspecified atom stereocenters. The van der Waals surface area contributed by atoms with Crippen molar-refractivity contribution in [1.29, 1.82) is 0 Å². The van der Waals surface area contributed by atoms with Gasteiger partial charge in [-0.15, -0.1) is 0 Å². The first-order chi connectivity index (χ1) is 22.3. The number of hydrogen-bond donors (Lipinski definition) is 1. The number of methoxy groups -OCH3 is 1. The Balaban J connectivity index is 1.49. The first-order valence-corrected chi connectivity index (χ1v) is 14.3. The van der Waals surface area contributed by atoms with Gasteiger partial charge in [0.15, 0.2) is 0 Å². The Labute approximate surface area is 269 Å². The summed E-state index contributed by atoms with van der Waals surface area (Å²) in [6, 6.07) is 21.8. The summed E-state index contributed by atoms with van der Waals surface area (Å²) in [6.45, 7) is 0.171. The van der Waals surface area contributed by atoms with Crippen molar-refractivity contribution in [3.05, 3.63) is 119 Å². The molecule has 12 heteroatoms. The molecule has 0 saturated heterocycles. The maximum atomic E-state index is 13.5. The van der Waals surface area contributed by atoms with E-state index in [-0.39, 0.29) is 41.6 Å². The van der Waals surface area contributed by atoms with Gasteiger partial charge < -0.3 is 19.7 Å². The zero-order valence-corrected chi connectivity index (χ0v) is 26.1. The Bertz CT molecular complexity index is 1770. The molecule has 0 bridgehead atoms. The summed E-state index contributed by atoms with van der Waals surface area (Å²) in [6.07, 6.45) is -4.49. The molecular formula is C35H32F3N3O6. The maximum absolute atomic E-state index is 13.5. The average molecular weight is 648 g/mol. The molecule has 0 aliphatic carbocycles. The van der Waals surface area contributed by atoms with Gasteiger partial charge in [0.05, 0.1) is 36.0 Å². The molecular weight excluding hydrogens is 615 g/mol. The smallest absolute Gasteiger partial charge is 0.416 e. The van der Waals surface area contributed by atoms with Crippen molar-refractivity contribution in [2.45, 2.75) is 12.7 Å². The highest BCUT2D eigenvalue weighted by molar-refractivity contribution is 6.11. The Kier molecular flexibility index (Phi) is 10.8. The SMILES string of the molecule is COC(=O)c1ccc(OC(=O)CN(C)Cc2ccc(NC(=O)c3ccccc3-c3ccc(C(F)(F)F)cc3)c(C(=O)N(C)C)c2)cc1. The van der Waals surface area contributed by atoms with Crippen LogP contribution in [0.2, 0.25) is 0 Å². The van der Waals surface area contributed by atoms with Crippen LogP contribution < -0.4 is 10.1 Å². The zero-order valence-electron chi connectivity index (χ0n) is 26.1. The predicted octanol–water partition coefficient (Wildman–Crippen LogP) is 6.15. The topological polar surface area (TPSA) is 105 Å². The molecule has 47 heavy (non-hydrogen) atoms. The number of rotatable bonds is 10. The van der Waals surface area contributed by atoms with Gasteiger partial charge in [-0.1, -0.05) is 36.4 Å². The second kappa shape index (κ2) is 14.7. The van der Waals surface area contributed by atoms with Gasteiger partial charge in [0, 0.05) is 26.2 Å². The fourth-order valence-electron chi connectivity index (χ4n) is 4.71. The summed E-state index contributed by atoms with van der Waals surface area (Å²) in [4.78, 5) is 53.8. The number of anilines is 1. The van der Waals surface area contributed by atoms with E-state index in [0.29, 0.717) is 22.3 Å². The number of benzene rings is 4. The molecule has 0 radical (unpaired) electrons. The molecule has 4 aromatic rings. The average Bonchev–Trinajstić information content (AvgIpc) is 3.04. The number of halogens is 3. The van der Waals surface area contributed by atoms with Crippen LogP contribution >= 0.6 is 0 Å². The normalized spacial score (nSPS) is 11.1. The molecule has 9 nitrogen and oxygen atoms in total. The van der Waals surface area contributed by atoms with Gasteiger partial charge in [0.2, 0.25) is 0 Å². The van der Waals surface area contributed by atoms with E-state index >= 15 is 0 Å². The third kappa shape index (κ3) is 8.82. The minimum Gasteiger partial charge on any atom is -0.465 e. The van der Waals surface area contributed by atoms with Gasteiger partial charge in [-0.3, -0.25) is 19.3 Å². The second-order valence-corrected chi connectivity index (χ2v) is 10.8. The van der Waals surface area contributed by atoms with Crippen molar-refractivity contribution in [3.63, 3.8) is 0 Å². The van der Waals surface area contributed by atoms with E-state index in [4.69, 9.17) is 4.74 Å². The van der Waals surface area contributed by atoms with Crippen LogP contribution in [0.25, 0.3) is 11.1 Å². The molecule has 0 saturated carbocycles. The molecule has 0 aliphatic heterocycles. The lowest BCUT2D eigenvalue weighted by atomic mass is 9.97. The Hall–Kier alpha value is -5.49. The molecule has 0 aliphatic rings. The summed E-state index contributed by atoms with van der Waals surface area (Å²) in [5.41, 5.74) is 1.67. The fourth-order valence-corrected chi connectivity index (χ4v) is 4.71. The summed E-state index contributed by atoms with van der Waals surface area (Å²) in [5.74, 6) is -1.73. The third-order valence-corrected chi connectivity index (χ3v) is 7.02. The van der Waals surface area contributed by atoms with Crippen molar-refractivity contribution in [3.8, 4) is 16.9 Å². The molecule has 4 aromatic carbocycles. The van der Waals surface area contributed by atoms with Crippen LogP contribution in [0.5, 0.6) is 5.75 Å². The quantitative estimate of drug-likeness (QED) is 0.163. The highest BCUT2D eigenvalue weighted by Gasteiger charge is 2.30. The molecule has 0 atom stereocenters. The lowest BCUT2D eigenvalue weighted by Crippen LogP contribution is -2.29. The first kappa shape index (κ1) is 34.4. The largest absolute Gasteiger partial charge is 0.465 e. The zero-order chi connectivity index (χ0) is 34.3. The number of likely N-dealkylation sites (N-methyl/N-ethyl adjacent to an activating group) is 1. The van der Waals surface area contributed by atoms with Gasteiger partial charge in [-0.2, -0.15) is 13.2 Å². The summed E-state index contributed by atoms with van der Waals surface area (Å²) in [7, 11) is 6.11. The van der Waals surface area contributed by atoms with E-state index < -0.39 is 29.6 Å². The van der Waals surface area contributed by atoms with Crippen LogP contribution in [0.1, 0.15) is 42.2 Å². The van der Waals surface area contributed by atoms with Gasteiger partial charge in [0.1, 0.15) is 5.75 Å². The van der Waals surface area contributed by atoms with Crippen LogP contribution in [0.4, 0.5) is 18.9 Å². The van der Waals surface area contributed by atoms with Gasteiger partial charge in [-0.25, -0.2) is 4.79 Å². The standard InChI is InChI=1S/C35H32F3N3O6/c1-40(2)33(44)29-19-22(20-41(3)21-31(42)47-26-16-12-24(13-17-26)34(45)46-4)9-18-30(29)39-32(43)28-8-6-5-7-27(28)23-10-14-25(15-11-23)35(36,37)38/h5-19H,20-21H2,1-4H3,(H,39,43). The molecule has 2 amide bonds. The lowest BCUT2D eigenvalue weighted by Gasteiger charge is -2.19. The number of hydrogen-bond acceptors (Lipinski definition) is 7. The molecule has 244 valence electrons. The van der Waals surface area contributed by atoms with Crippen molar-refractivity contribution in [2.75, 3.05) is 40.1 Å². The maximum Gasteiger partial charge on any atom is 0.416 e. The highest BCUT2D eigenvalue weighted by atomic mass is 19.4. The van der Waals surface area contributed by atoms with Crippen molar-refractivity contribution < 1.29 is 41.8 Å². The van der Waals surface area contributed by atoms with Gasteiger partial charge in [0.25, 0.3) is 11.8 Å². The number of alkyl halides is 3. The van der Waals surface area contributed by atoms with Crippen LogP contribution in [0.15, 0.2) is 91.0 Å².